The van der Waals surface area contributed by atoms with Crippen LogP contribution >= 0.6 is 23.8 Å². The predicted octanol–water partition coefficient (Wildman–Crippen LogP) is 5.18. The molecule has 156 valence electrons. The van der Waals surface area contributed by atoms with Crippen LogP contribution in [0, 0.1) is 0 Å². The molecular formula is C21H26ClN3O3S. The third-order valence-electron chi connectivity index (χ3n) is 4.33. The monoisotopic (exact) mass is 435 g/mol. The summed E-state index contributed by atoms with van der Waals surface area (Å²) in [6.07, 6.45) is 2.14. The average Bonchev–Trinajstić information content (AvgIpc) is 2.71. The summed E-state index contributed by atoms with van der Waals surface area (Å²) >= 11 is 11.6. The highest BCUT2D eigenvalue weighted by Gasteiger charge is 2.14. The third-order valence-corrected chi connectivity index (χ3v) is 4.77. The Labute approximate surface area is 182 Å². The molecule has 2 aromatic carbocycles. The summed E-state index contributed by atoms with van der Waals surface area (Å²) in [4.78, 5) is 14.1. The van der Waals surface area contributed by atoms with Gasteiger partial charge in [0.05, 0.1) is 36.8 Å². The number of esters is 1. The molecule has 0 radical (unpaired) electrons. The van der Waals surface area contributed by atoms with Gasteiger partial charge in [-0.05, 0) is 55.0 Å². The number of hydrogen-bond donors (Lipinski definition) is 2. The van der Waals surface area contributed by atoms with Gasteiger partial charge in [0.2, 0.25) is 0 Å². The fourth-order valence-electron chi connectivity index (χ4n) is 2.78. The van der Waals surface area contributed by atoms with E-state index in [2.05, 4.69) is 22.5 Å². The lowest BCUT2D eigenvalue weighted by Crippen LogP contribution is -2.24. The van der Waals surface area contributed by atoms with E-state index in [1.165, 1.54) is 7.11 Å². The maximum atomic E-state index is 12.0. The first-order valence-electron chi connectivity index (χ1n) is 9.24. The molecule has 0 spiro atoms. The fraction of sp³-hybridized carbons (Fsp3) is 0.333. The van der Waals surface area contributed by atoms with Gasteiger partial charge in [-0.2, -0.15) is 0 Å². The molecule has 0 heterocycles. The minimum Gasteiger partial charge on any atom is -0.495 e. The minimum absolute atomic E-state index is 0.345. The summed E-state index contributed by atoms with van der Waals surface area (Å²) in [7, 11) is 4.93. The lowest BCUT2D eigenvalue weighted by atomic mass is 10.1. The van der Waals surface area contributed by atoms with Crippen molar-refractivity contribution in [3.05, 3.63) is 47.0 Å². The lowest BCUT2D eigenvalue weighted by Gasteiger charge is -2.24. The molecule has 0 amide bonds. The van der Waals surface area contributed by atoms with E-state index < -0.39 is 5.97 Å². The van der Waals surface area contributed by atoms with Crippen molar-refractivity contribution in [3.8, 4) is 5.75 Å². The number of carbonyl (C=O) groups excluding carboxylic acids is 1. The number of nitrogens with one attached hydrogen (secondary N) is 2. The molecule has 0 unspecified atom stereocenters. The number of carbonyl (C=O) groups is 1. The predicted molar refractivity (Wildman–Crippen MR) is 124 cm³/mol. The summed E-state index contributed by atoms with van der Waals surface area (Å²) in [6, 6.07) is 10.6. The summed E-state index contributed by atoms with van der Waals surface area (Å²) in [5.41, 5.74) is 2.70. The molecule has 0 aromatic heterocycles. The number of anilines is 3. The second-order valence-electron chi connectivity index (χ2n) is 6.42. The number of hydrogen-bond acceptors (Lipinski definition) is 5. The number of nitrogens with zero attached hydrogens (tertiary/aromatic N) is 1. The average molecular weight is 436 g/mol. The van der Waals surface area contributed by atoms with E-state index in [-0.39, 0.29) is 0 Å². The lowest BCUT2D eigenvalue weighted by molar-refractivity contribution is 0.0601. The van der Waals surface area contributed by atoms with E-state index in [0.717, 1.165) is 25.1 Å². The van der Waals surface area contributed by atoms with E-state index in [9.17, 15) is 4.79 Å². The summed E-state index contributed by atoms with van der Waals surface area (Å²) in [5.74, 6) is 0.202. The van der Waals surface area contributed by atoms with Crippen molar-refractivity contribution < 1.29 is 14.3 Å². The molecule has 2 aromatic rings. The van der Waals surface area contributed by atoms with Gasteiger partial charge < -0.3 is 25.0 Å². The zero-order valence-corrected chi connectivity index (χ0v) is 18.6. The number of rotatable bonds is 8. The molecule has 0 atom stereocenters. The van der Waals surface area contributed by atoms with Crippen molar-refractivity contribution in [2.75, 3.05) is 43.3 Å². The van der Waals surface area contributed by atoms with Crippen molar-refractivity contribution in [2.24, 2.45) is 0 Å². The van der Waals surface area contributed by atoms with Crippen molar-refractivity contribution in [1.82, 2.24) is 0 Å². The zero-order valence-electron chi connectivity index (χ0n) is 17.0. The molecule has 0 fully saturated rings. The second-order valence-corrected chi connectivity index (χ2v) is 7.27. The van der Waals surface area contributed by atoms with Gasteiger partial charge in [0.25, 0.3) is 0 Å². The SMILES string of the molecule is CCCCN(C)c1ccc(C(=O)OC)cc1NC(=S)Nc1cc(Cl)ccc1OC. The molecule has 0 aliphatic carbocycles. The maximum Gasteiger partial charge on any atom is 0.337 e. The maximum absolute atomic E-state index is 12.0. The van der Waals surface area contributed by atoms with Gasteiger partial charge in [-0.15, -0.1) is 0 Å². The Bertz CT molecular complexity index is 876. The van der Waals surface area contributed by atoms with Gasteiger partial charge in [-0.3, -0.25) is 0 Å². The first kappa shape index (κ1) is 22.8. The van der Waals surface area contributed by atoms with Crippen LogP contribution in [0.15, 0.2) is 36.4 Å². The molecule has 0 saturated heterocycles. The Hall–Kier alpha value is -2.51. The van der Waals surface area contributed by atoms with Crippen LogP contribution in [0.2, 0.25) is 5.02 Å². The second kappa shape index (κ2) is 10.9. The number of unbranched alkanes of at least 4 members (excludes halogenated alkanes) is 1. The van der Waals surface area contributed by atoms with Crippen molar-refractivity contribution in [3.63, 3.8) is 0 Å². The van der Waals surface area contributed by atoms with Crippen LogP contribution in [0.4, 0.5) is 17.1 Å². The third kappa shape index (κ3) is 6.24. The van der Waals surface area contributed by atoms with E-state index in [1.807, 2.05) is 13.1 Å². The number of halogens is 1. The first-order chi connectivity index (χ1) is 13.9. The highest BCUT2D eigenvalue weighted by molar-refractivity contribution is 7.80. The Morgan fingerprint density at radius 2 is 1.86 bits per heavy atom. The Morgan fingerprint density at radius 3 is 2.52 bits per heavy atom. The molecule has 0 aliphatic rings. The molecule has 29 heavy (non-hydrogen) atoms. The molecule has 0 aliphatic heterocycles. The summed E-state index contributed by atoms with van der Waals surface area (Å²) in [5, 5.41) is 7.18. The Morgan fingerprint density at radius 1 is 1.14 bits per heavy atom. The van der Waals surface area contributed by atoms with Crippen LogP contribution in [0.3, 0.4) is 0 Å². The number of ether oxygens (including phenoxy) is 2. The standard InChI is InChI=1S/C21H26ClN3O3S/c1-5-6-11-25(2)18-9-7-14(20(26)28-4)12-16(18)23-21(29)24-17-13-15(22)8-10-19(17)27-3/h7-10,12-13H,5-6,11H2,1-4H3,(H2,23,24,29). The quantitative estimate of drug-likeness (QED) is 0.437. The van der Waals surface area contributed by atoms with E-state index in [1.54, 1.807) is 37.4 Å². The smallest absolute Gasteiger partial charge is 0.337 e. The minimum atomic E-state index is -0.411. The highest BCUT2D eigenvalue weighted by atomic mass is 35.5. The van der Waals surface area contributed by atoms with Crippen LogP contribution in [0.1, 0.15) is 30.1 Å². The first-order valence-corrected chi connectivity index (χ1v) is 10.0. The molecule has 2 rings (SSSR count). The van der Waals surface area contributed by atoms with Gasteiger partial charge in [-0.1, -0.05) is 24.9 Å². The molecule has 0 saturated carbocycles. The van der Waals surface area contributed by atoms with Crippen LogP contribution in [0.5, 0.6) is 5.75 Å². The van der Waals surface area contributed by atoms with Crippen LogP contribution < -0.4 is 20.3 Å². The highest BCUT2D eigenvalue weighted by Crippen LogP contribution is 2.30. The van der Waals surface area contributed by atoms with E-state index >= 15 is 0 Å². The molecule has 8 heteroatoms. The summed E-state index contributed by atoms with van der Waals surface area (Å²) in [6.45, 7) is 3.02. The van der Waals surface area contributed by atoms with Crippen LogP contribution in [-0.4, -0.2) is 38.9 Å². The van der Waals surface area contributed by atoms with Crippen molar-refractivity contribution in [1.29, 1.82) is 0 Å². The molecule has 0 bridgehead atoms. The Kier molecular flexibility index (Phi) is 8.54. The summed E-state index contributed by atoms with van der Waals surface area (Å²) < 4.78 is 10.2. The van der Waals surface area contributed by atoms with E-state index in [4.69, 9.17) is 33.3 Å². The Balaban J connectivity index is 2.29. The van der Waals surface area contributed by atoms with Crippen LogP contribution in [0.25, 0.3) is 0 Å². The van der Waals surface area contributed by atoms with Crippen molar-refractivity contribution >= 4 is 52.0 Å². The van der Waals surface area contributed by atoms with Crippen molar-refractivity contribution in [2.45, 2.75) is 19.8 Å². The normalized spacial score (nSPS) is 10.2. The molecular weight excluding hydrogens is 410 g/mol. The van der Waals surface area contributed by atoms with Gasteiger partial charge in [0, 0.05) is 18.6 Å². The zero-order chi connectivity index (χ0) is 21.4. The largest absolute Gasteiger partial charge is 0.495 e. The number of thiocarbonyl (C=S) groups is 1. The number of methoxy groups -OCH3 is 2. The number of benzene rings is 2. The van der Waals surface area contributed by atoms with Crippen LogP contribution in [-0.2, 0) is 4.74 Å². The van der Waals surface area contributed by atoms with Gasteiger partial charge in [0.1, 0.15) is 5.75 Å². The van der Waals surface area contributed by atoms with E-state index in [0.29, 0.717) is 32.8 Å². The van der Waals surface area contributed by atoms with Gasteiger partial charge in [-0.25, -0.2) is 4.79 Å². The fourth-order valence-corrected chi connectivity index (χ4v) is 3.18. The van der Waals surface area contributed by atoms with Gasteiger partial charge >= 0.3 is 5.97 Å². The molecule has 6 nitrogen and oxygen atoms in total. The topological polar surface area (TPSA) is 62.8 Å². The molecule has 2 N–H and O–H groups in total. The van der Waals surface area contributed by atoms with Gasteiger partial charge in [0.15, 0.2) is 5.11 Å².